The molecule has 2 amide bonds. The van der Waals surface area contributed by atoms with E-state index in [2.05, 4.69) is 34.7 Å². The summed E-state index contributed by atoms with van der Waals surface area (Å²) in [6.45, 7) is 7.01. The van der Waals surface area contributed by atoms with Crippen molar-refractivity contribution in [1.29, 1.82) is 0 Å². The Morgan fingerprint density at radius 1 is 1.24 bits per heavy atom. The maximum absolute atomic E-state index is 12.2. The van der Waals surface area contributed by atoms with Crippen LogP contribution < -0.4 is 10.6 Å². The molecule has 0 radical (unpaired) electrons. The van der Waals surface area contributed by atoms with Gasteiger partial charge < -0.3 is 10.6 Å². The van der Waals surface area contributed by atoms with E-state index < -0.39 is 0 Å². The highest BCUT2D eigenvalue weighted by molar-refractivity contribution is 6.00. The lowest BCUT2D eigenvalue weighted by atomic mass is 10.2. The molecule has 2 N–H and O–H groups in total. The zero-order valence-electron chi connectivity index (χ0n) is 14.6. The van der Waals surface area contributed by atoms with Gasteiger partial charge in [-0.2, -0.15) is 10.2 Å². The van der Waals surface area contributed by atoms with Gasteiger partial charge in [0.2, 0.25) is 0 Å². The molecule has 2 heterocycles. The van der Waals surface area contributed by atoms with E-state index in [0.717, 1.165) is 23.5 Å². The smallest absolute Gasteiger partial charge is 0.307 e. The fourth-order valence-electron chi connectivity index (χ4n) is 2.54. The summed E-state index contributed by atoms with van der Waals surface area (Å²) in [6, 6.07) is 7.33. The summed E-state index contributed by atoms with van der Waals surface area (Å²) in [6.07, 6.45) is 7.08. The maximum atomic E-state index is 12.2. The Labute approximate surface area is 146 Å². The number of amides is 2. The molecule has 0 unspecified atom stereocenters. The first kappa shape index (κ1) is 16.8. The van der Waals surface area contributed by atoms with Gasteiger partial charge >= 0.3 is 6.03 Å². The lowest BCUT2D eigenvalue weighted by molar-refractivity contribution is 0.262. The van der Waals surface area contributed by atoms with Crippen LogP contribution in [-0.2, 0) is 6.54 Å². The SMILES string of the molecule is Cc1cc(-n2cccn2)ccc1NC(=O)Nc1cnn(CC(C)C)c1. The Bertz CT molecular complexity index is 850. The lowest BCUT2D eigenvalue weighted by Crippen LogP contribution is -2.19. The number of urea groups is 1. The van der Waals surface area contributed by atoms with Gasteiger partial charge in [-0.05, 0) is 42.7 Å². The van der Waals surface area contributed by atoms with Crippen molar-refractivity contribution in [2.24, 2.45) is 5.92 Å². The van der Waals surface area contributed by atoms with E-state index in [9.17, 15) is 4.79 Å². The molecule has 0 bridgehead atoms. The van der Waals surface area contributed by atoms with Crippen LogP contribution in [0.3, 0.4) is 0 Å². The number of carbonyl (C=O) groups excluding carboxylic acids is 1. The van der Waals surface area contributed by atoms with Gasteiger partial charge in [-0.3, -0.25) is 4.68 Å². The Hall–Kier alpha value is -3.09. The molecule has 0 aliphatic rings. The second kappa shape index (κ2) is 7.21. The van der Waals surface area contributed by atoms with Crippen LogP contribution in [0.1, 0.15) is 19.4 Å². The van der Waals surface area contributed by atoms with Crippen LogP contribution in [0.5, 0.6) is 0 Å². The quantitative estimate of drug-likeness (QED) is 0.745. The van der Waals surface area contributed by atoms with E-state index in [1.165, 1.54) is 0 Å². The summed E-state index contributed by atoms with van der Waals surface area (Å²) in [5.74, 6) is 0.498. The van der Waals surface area contributed by atoms with E-state index in [1.807, 2.05) is 48.3 Å². The minimum absolute atomic E-state index is 0.293. The molecule has 7 heteroatoms. The number of benzene rings is 1. The molecule has 0 aliphatic heterocycles. The molecular formula is C18H22N6O. The normalized spacial score (nSPS) is 10.9. The summed E-state index contributed by atoms with van der Waals surface area (Å²) in [5, 5.41) is 14.1. The number of aryl methyl sites for hydroxylation is 1. The molecule has 0 saturated carbocycles. The summed E-state index contributed by atoms with van der Waals surface area (Å²) in [5.41, 5.74) is 3.33. The van der Waals surface area contributed by atoms with Crippen LogP contribution >= 0.6 is 0 Å². The molecule has 7 nitrogen and oxygen atoms in total. The third-order valence-corrected chi connectivity index (χ3v) is 3.67. The zero-order chi connectivity index (χ0) is 17.8. The predicted molar refractivity (Wildman–Crippen MR) is 98.0 cm³/mol. The third kappa shape index (κ3) is 4.26. The minimum atomic E-state index is -0.293. The van der Waals surface area contributed by atoms with Crippen molar-refractivity contribution in [2.75, 3.05) is 10.6 Å². The molecule has 3 rings (SSSR count). The van der Waals surface area contributed by atoms with Gasteiger partial charge in [0.1, 0.15) is 0 Å². The van der Waals surface area contributed by atoms with Gasteiger partial charge in [0.05, 0.1) is 17.6 Å². The van der Waals surface area contributed by atoms with Crippen molar-refractivity contribution in [1.82, 2.24) is 19.6 Å². The molecule has 0 fully saturated rings. The highest BCUT2D eigenvalue weighted by Crippen LogP contribution is 2.19. The summed E-state index contributed by atoms with van der Waals surface area (Å²) in [4.78, 5) is 12.2. The summed E-state index contributed by atoms with van der Waals surface area (Å²) < 4.78 is 3.60. The first-order valence-electron chi connectivity index (χ1n) is 8.22. The van der Waals surface area contributed by atoms with Crippen molar-refractivity contribution < 1.29 is 4.79 Å². The molecular weight excluding hydrogens is 316 g/mol. The number of carbonyl (C=O) groups is 1. The Kier molecular flexibility index (Phi) is 4.83. The largest absolute Gasteiger partial charge is 0.323 e. The van der Waals surface area contributed by atoms with E-state index in [4.69, 9.17) is 0 Å². The number of rotatable bonds is 5. The van der Waals surface area contributed by atoms with Crippen LogP contribution in [0.2, 0.25) is 0 Å². The summed E-state index contributed by atoms with van der Waals surface area (Å²) >= 11 is 0. The first-order valence-corrected chi connectivity index (χ1v) is 8.22. The molecule has 25 heavy (non-hydrogen) atoms. The molecule has 0 spiro atoms. The Morgan fingerprint density at radius 2 is 2.08 bits per heavy atom. The van der Waals surface area contributed by atoms with Crippen molar-refractivity contribution in [3.8, 4) is 5.69 Å². The molecule has 0 aliphatic carbocycles. The highest BCUT2D eigenvalue weighted by atomic mass is 16.2. The van der Waals surface area contributed by atoms with Gasteiger partial charge in [0, 0.05) is 30.8 Å². The number of hydrogen-bond donors (Lipinski definition) is 2. The van der Waals surface area contributed by atoms with Crippen molar-refractivity contribution >= 4 is 17.4 Å². The van der Waals surface area contributed by atoms with Gasteiger partial charge in [0.25, 0.3) is 0 Å². The van der Waals surface area contributed by atoms with Gasteiger partial charge in [-0.15, -0.1) is 0 Å². The van der Waals surface area contributed by atoms with Crippen LogP contribution in [0.4, 0.5) is 16.2 Å². The van der Waals surface area contributed by atoms with Crippen molar-refractivity contribution in [3.63, 3.8) is 0 Å². The molecule has 130 valence electrons. The van der Waals surface area contributed by atoms with Crippen LogP contribution in [0, 0.1) is 12.8 Å². The predicted octanol–water partition coefficient (Wildman–Crippen LogP) is 3.68. The van der Waals surface area contributed by atoms with Crippen molar-refractivity contribution in [2.45, 2.75) is 27.3 Å². The average molecular weight is 338 g/mol. The second-order valence-electron chi connectivity index (χ2n) is 6.37. The number of nitrogens with one attached hydrogen (secondary N) is 2. The average Bonchev–Trinajstić information content (AvgIpc) is 3.21. The maximum Gasteiger partial charge on any atom is 0.323 e. The molecule has 3 aromatic rings. The van der Waals surface area contributed by atoms with Gasteiger partial charge in [-0.25, -0.2) is 9.48 Å². The summed E-state index contributed by atoms with van der Waals surface area (Å²) in [7, 11) is 0. The molecule has 0 saturated heterocycles. The number of aromatic nitrogens is 4. The Morgan fingerprint density at radius 3 is 2.76 bits per heavy atom. The van der Waals surface area contributed by atoms with Crippen LogP contribution in [0.15, 0.2) is 49.1 Å². The second-order valence-corrected chi connectivity index (χ2v) is 6.37. The standard InChI is InChI=1S/C18H22N6O/c1-13(2)11-23-12-15(10-20-23)21-18(25)22-17-6-5-16(9-14(17)3)24-8-4-7-19-24/h4-10,12-13H,11H2,1-3H3,(H2,21,22,25). The van der Waals surface area contributed by atoms with Gasteiger partial charge in [0.15, 0.2) is 0 Å². The first-order chi connectivity index (χ1) is 12.0. The third-order valence-electron chi connectivity index (χ3n) is 3.67. The lowest BCUT2D eigenvalue weighted by Gasteiger charge is -2.11. The fraction of sp³-hybridized carbons (Fsp3) is 0.278. The van der Waals surface area contributed by atoms with Gasteiger partial charge in [-0.1, -0.05) is 13.8 Å². The highest BCUT2D eigenvalue weighted by Gasteiger charge is 2.08. The number of nitrogens with zero attached hydrogens (tertiary/aromatic N) is 4. The molecule has 0 atom stereocenters. The number of anilines is 2. The Balaban J connectivity index is 1.64. The van der Waals surface area contributed by atoms with E-state index in [1.54, 1.807) is 17.1 Å². The van der Waals surface area contributed by atoms with E-state index >= 15 is 0 Å². The van der Waals surface area contributed by atoms with E-state index in [0.29, 0.717) is 11.6 Å². The van der Waals surface area contributed by atoms with E-state index in [-0.39, 0.29) is 6.03 Å². The number of hydrogen-bond acceptors (Lipinski definition) is 3. The van der Waals surface area contributed by atoms with Crippen LogP contribution in [-0.4, -0.2) is 25.6 Å². The molecule has 1 aromatic carbocycles. The monoisotopic (exact) mass is 338 g/mol. The van der Waals surface area contributed by atoms with Crippen molar-refractivity contribution in [3.05, 3.63) is 54.6 Å². The zero-order valence-corrected chi connectivity index (χ0v) is 14.6. The minimum Gasteiger partial charge on any atom is -0.307 e. The molecule has 2 aromatic heterocycles. The van der Waals surface area contributed by atoms with Crippen LogP contribution in [0.25, 0.3) is 5.69 Å². The fourth-order valence-corrected chi connectivity index (χ4v) is 2.54. The topological polar surface area (TPSA) is 76.8 Å².